The van der Waals surface area contributed by atoms with Crippen molar-refractivity contribution < 1.29 is 9.90 Å². The van der Waals surface area contributed by atoms with Crippen molar-refractivity contribution in [2.45, 2.75) is 10.8 Å². The number of hydrogen-bond donors (Lipinski definition) is 1. The second-order valence-corrected chi connectivity index (χ2v) is 3.81. The lowest BCUT2D eigenvalue weighted by Gasteiger charge is -2.15. The maximum atomic E-state index is 10.4. The zero-order valence-corrected chi connectivity index (χ0v) is 7.06. The number of allylic oxidation sites excluding steroid dienone is 2. The number of rotatable bonds is 1. The van der Waals surface area contributed by atoms with E-state index in [4.69, 9.17) is 28.3 Å². The minimum Gasteiger partial charge on any atom is -0.478 e. The predicted molar refractivity (Wildman–Crippen MR) is 43.9 cm³/mol. The molecule has 1 aliphatic carbocycles. The minimum absolute atomic E-state index is 0.238. The SMILES string of the molecule is O=C(O)C1=CCC(Cl)(Cl)C=C1. The fourth-order valence-electron chi connectivity index (χ4n) is 0.752. The second kappa shape index (κ2) is 2.88. The largest absolute Gasteiger partial charge is 0.478 e. The van der Waals surface area contributed by atoms with E-state index in [1.165, 1.54) is 18.2 Å². The third-order valence-corrected chi connectivity index (χ3v) is 1.91. The topological polar surface area (TPSA) is 37.3 Å². The molecule has 0 unspecified atom stereocenters. The summed E-state index contributed by atoms with van der Waals surface area (Å²) in [7, 11) is 0. The van der Waals surface area contributed by atoms with Crippen LogP contribution in [0.1, 0.15) is 6.42 Å². The quantitative estimate of drug-likeness (QED) is 0.647. The number of carboxylic acid groups (broad SMARTS) is 1. The molecule has 0 amide bonds. The molecule has 0 aliphatic heterocycles. The highest BCUT2D eigenvalue weighted by atomic mass is 35.5. The van der Waals surface area contributed by atoms with Crippen LogP contribution in [0.25, 0.3) is 0 Å². The van der Waals surface area contributed by atoms with Gasteiger partial charge in [0.15, 0.2) is 0 Å². The highest BCUT2D eigenvalue weighted by molar-refractivity contribution is 6.50. The summed E-state index contributed by atoms with van der Waals surface area (Å²) in [4.78, 5) is 10.4. The molecule has 0 fully saturated rings. The normalized spacial score (nSPS) is 21.1. The monoisotopic (exact) mass is 192 g/mol. The summed E-state index contributed by atoms with van der Waals surface area (Å²) in [5.74, 6) is -0.954. The summed E-state index contributed by atoms with van der Waals surface area (Å²) in [5.41, 5.74) is 0.238. The van der Waals surface area contributed by atoms with E-state index in [1.54, 1.807) is 0 Å². The standard InChI is InChI=1S/C7H6Cl2O2/c8-7(9)3-1-5(2-4-7)6(10)11/h1-3H,4H2,(H,10,11). The Morgan fingerprint density at radius 3 is 2.64 bits per heavy atom. The van der Waals surface area contributed by atoms with Crippen molar-refractivity contribution in [1.82, 2.24) is 0 Å². The van der Waals surface area contributed by atoms with Crippen LogP contribution in [0, 0.1) is 0 Å². The molecule has 0 aromatic heterocycles. The molecule has 0 bridgehead atoms. The van der Waals surface area contributed by atoms with E-state index in [0.717, 1.165) is 0 Å². The highest BCUT2D eigenvalue weighted by Gasteiger charge is 2.23. The molecule has 1 rings (SSSR count). The van der Waals surface area contributed by atoms with E-state index < -0.39 is 10.3 Å². The summed E-state index contributed by atoms with van der Waals surface area (Å²) in [5, 5.41) is 8.50. The lowest BCUT2D eigenvalue weighted by atomic mass is 10.1. The van der Waals surface area contributed by atoms with Gasteiger partial charge >= 0.3 is 5.97 Å². The summed E-state index contributed by atoms with van der Waals surface area (Å²) >= 11 is 11.4. The third kappa shape index (κ3) is 2.24. The molecule has 0 heterocycles. The van der Waals surface area contributed by atoms with Gasteiger partial charge in [0.05, 0.1) is 5.57 Å². The summed E-state index contributed by atoms with van der Waals surface area (Å²) in [6.45, 7) is 0. The average Bonchev–Trinajstić information content (AvgIpc) is 1.86. The first-order valence-electron chi connectivity index (χ1n) is 3.02. The van der Waals surface area contributed by atoms with Gasteiger partial charge in [-0.3, -0.25) is 0 Å². The van der Waals surface area contributed by atoms with Crippen molar-refractivity contribution in [3.8, 4) is 0 Å². The molecule has 60 valence electrons. The van der Waals surface area contributed by atoms with Crippen LogP contribution in [-0.2, 0) is 4.79 Å². The molecule has 0 radical (unpaired) electrons. The lowest BCUT2D eigenvalue weighted by molar-refractivity contribution is -0.132. The van der Waals surface area contributed by atoms with Crippen molar-refractivity contribution in [2.75, 3.05) is 0 Å². The Labute approximate surface area is 74.1 Å². The van der Waals surface area contributed by atoms with Crippen LogP contribution in [-0.4, -0.2) is 15.4 Å². The molecule has 1 aliphatic rings. The third-order valence-electron chi connectivity index (χ3n) is 1.35. The Bertz CT molecular complexity index is 241. The maximum Gasteiger partial charge on any atom is 0.335 e. The van der Waals surface area contributed by atoms with Crippen LogP contribution in [0.5, 0.6) is 0 Å². The first kappa shape index (κ1) is 8.62. The fraction of sp³-hybridized carbons (Fsp3) is 0.286. The van der Waals surface area contributed by atoms with Gasteiger partial charge in [0.2, 0.25) is 0 Å². The van der Waals surface area contributed by atoms with Crippen molar-refractivity contribution in [3.05, 3.63) is 23.8 Å². The molecule has 0 atom stereocenters. The summed E-state index contributed by atoms with van der Waals surface area (Å²) < 4.78 is -0.932. The molecule has 0 spiro atoms. The number of hydrogen-bond acceptors (Lipinski definition) is 1. The molecule has 0 saturated heterocycles. The average molecular weight is 193 g/mol. The number of carboxylic acids is 1. The number of carbonyl (C=O) groups is 1. The molecule has 11 heavy (non-hydrogen) atoms. The molecule has 4 heteroatoms. The van der Waals surface area contributed by atoms with Crippen LogP contribution in [0.2, 0.25) is 0 Å². The Morgan fingerprint density at radius 1 is 1.64 bits per heavy atom. The van der Waals surface area contributed by atoms with Crippen molar-refractivity contribution in [2.24, 2.45) is 0 Å². The van der Waals surface area contributed by atoms with Crippen LogP contribution >= 0.6 is 23.2 Å². The van der Waals surface area contributed by atoms with Crippen molar-refractivity contribution in [1.29, 1.82) is 0 Å². The number of aliphatic carboxylic acids is 1. The van der Waals surface area contributed by atoms with Crippen LogP contribution in [0.15, 0.2) is 23.8 Å². The molecule has 1 N–H and O–H groups in total. The van der Waals surface area contributed by atoms with Crippen molar-refractivity contribution >= 4 is 29.2 Å². The predicted octanol–water partition coefficient (Wildman–Crippen LogP) is 2.13. The Morgan fingerprint density at radius 2 is 2.27 bits per heavy atom. The maximum absolute atomic E-state index is 10.4. The molecular weight excluding hydrogens is 187 g/mol. The first-order valence-corrected chi connectivity index (χ1v) is 3.77. The van der Waals surface area contributed by atoms with Gasteiger partial charge in [-0.2, -0.15) is 0 Å². The molecule has 2 nitrogen and oxygen atoms in total. The molecular formula is C7H6Cl2O2. The van der Waals surface area contributed by atoms with Gasteiger partial charge in [-0.1, -0.05) is 29.3 Å². The highest BCUT2D eigenvalue weighted by Crippen LogP contribution is 2.31. The lowest BCUT2D eigenvalue weighted by Crippen LogP contribution is -2.12. The first-order chi connectivity index (χ1) is 5.01. The van der Waals surface area contributed by atoms with Crippen LogP contribution < -0.4 is 0 Å². The van der Waals surface area contributed by atoms with Gasteiger partial charge in [-0.15, -0.1) is 0 Å². The van der Waals surface area contributed by atoms with Crippen molar-refractivity contribution in [3.63, 3.8) is 0 Å². The van der Waals surface area contributed by atoms with E-state index >= 15 is 0 Å². The molecule has 0 aromatic carbocycles. The molecule has 0 saturated carbocycles. The van der Waals surface area contributed by atoms with Gasteiger partial charge in [0.25, 0.3) is 0 Å². The Kier molecular flexibility index (Phi) is 2.25. The van der Waals surface area contributed by atoms with Gasteiger partial charge in [-0.25, -0.2) is 4.79 Å². The second-order valence-electron chi connectivity index (χ2n) is 2.26. The van der Waals surface area contributed by atoms with Gasteiger partial charge in [0, 0.05) is 6.42 Å². The Hall–Kier alpha value is -0.470. The molecule has 0 aromatic rings. The fourth-order valence-corrected chi connectivity index (χ4v) is 1.03. The number of halogens is 2. The van der Waals surface area contributed by atoms with E-state index in [1.807, 2.05) is 0 Å². The Balaban J connectivity index is 2.75. The van der Waals surface area contributed by atoms with Crippen LogP contribution in [0.4, 0.5) is 0 Å². The van der Waals surface area contributed by atoms with E-state index in [2.05, 4.69) is 0 Å². The van der Waals surface area contributed by atoms with E-state index in [0.29, 0.717) is 6.42 Å². The smallest absolute Gasteiger partial charge is 0.335 e. The summed E-state index contributed by atoms with van der Waals surface area (Å²) in [6.07, 6.45) is 4.72. The van der Waals surface area contributed by atoms with E-state index in [-0.39, 0.29) is 5.57 Å². The van der Waals surface area contributed by atoms with Gasteiger partial charge in [0.1, 0.15) is 4.33 Å². The van der Waals surface area contributed by atoms with E-state index in [9.17, 15) is 4.79 Å². The summed E-state index contributed by atoms with van der Waals surface area (Å²) in [6, 6.07) is 0. The van der Waals surface area contributed by atoms with Gasteiger partial charge in [-0.05, 0) is 12.2 Å². The zero-order chi connectivity index (χ0) is 8.48. The van der Waals surface area contributed by atoms with Gasteiger partial charge < -0.3 is 5.11 Å². The number of alkyl halides is 2. The minimum atomic E-state index is -0.954. The van der Waals surface area contributed by atoms with Crippen LogP contribution in [0.3, 0.4) is 0 Å². The zero-order valence-electron chi connectivity index (χ0n) is 5.55.